The monoisotopic (exact) mass is 536 g/mol. The Morgan fingerprint density at radius 1 is 1.29 bits per heavy atom. The lowest BCUT2D eigenvalue weighted by Crippen LogP contribution is -2.51. The molecule has 1 aliphatic heterocycles. The summed E-state index contributed by atoms with van der Waals surface area (Å²) in [4.78, 5) is 16.8. The van der Waals surface area contributed by atoms with Crippen LogP contribution in [0.4, 0.5) is 13.2 Å². The van der Waals surface area contributed by atoms with Crippen molar-refractivity contribution in [2.24, 2.45) is 4.99 Å². The number of alkyl halides is 3. The van der Waals surface area contributed by atoms with Gasteiger partial charge in [-0.1, -0.05) is 37.2 Å². The van der Waals surface area contributed by atoms with E-state index in [4.69, 9.17) is 11.6 Å². The van der Waals surface area contributed by atoms with Crippen molar-refractivity contribution in [2.45, 2.75) is 64.3 Å². The molecule has 35 heavy (non-hydrogen) atoms. The van der Waals surface area contributed by atoms with Gasteiger partial charge in [-0.3, -0.25) is 9.79 Å². The Labute approximate surface area is 209 Å². The first-order valence-corrected chi connectivity index (χ1v) is 13.2. The number of nitrogens with zero attached hydrogens (tertiary/aromatic N) is 2. The van der Waals surface area contributed by atoms with Gasteiger partial charge in [0.25, 0.3) is 0 Å². The number of rotatable bonds is 12. The Balaban J connectivity index is 2.08. The molecule has 1 aromatic carbocycles. The largest absolute Gasteiger partial charge is 0.390 e. The van der Waals surface area contributed by atoms with Crippen LogP contribution in [0.5, 0.6) is 0 Å². The maximum Gasteiger partial charge on any atom is 0.390 e. The van der Waals surface area contributed by atoms with Gasteiger partial charge in [-0.2, -0.15) is 17.5 Å². The van der Waals surface area contributed by atoms with Gasteiger partial charge in [-0.05, 0) is 50.0 Å². The number of amidine groups is 1. The topological polar surface area (TPSA) is 90.9 Å². The third-order valence-corrected chi connectivity index (χ3v) is 7.74. The molecule has 0 unspecified atom stereocenters. The van der Waals surface area contributed by atoms with Crippen molar-refractivity contribution in [1.82, 2.24) is 14.9 Å². The van der Waals surface area contributed by atoms with Crippen molar-refractivity contribution in [3.63, 3.8) is 0 Å². The van der Waals surface area contributed by atoms with E-state index in [1.807, 2.05) is 0 Å². The molecule has 0 radical (unpaired) electrons. The summed E-state index contributed by atoms with van der Waals surface area (Å²) < 4.78 is 64.2. The van der Waals surface area contributed by atoms with Gasteiger partial charge in [0.2, 0.25) is 15.9 Å². The van der Waals surface area contributed by atoms with Crippen LogP contribution in [0.25, 0.3) is 0 Å². The maximum atomic E-state index is 12.8. The second-order valence-electron chi connectivity index (χ2n) is 9.01. The molecule has 196 valence electrons. The fourth-order valence-corrected chi connectivity index (χ4v) is 5.18. The first-order valence-electron chi connectivity index (χ1n) is 11.3. The third-order valence-electron chi connectivity index (χ3n) is 5.46. The minimum absolute atomic E-state index is 0.000531. The molecule has 0 bridgehead atoms. The van der Waals surface area contributed by atoms with Crippen LogP contribution < -0.4 is 10.6 Å². The Morgan fingerprint density at radius 2 is 1.91 bits per heavy atom. The second kappa shape index (κ2) is 11.7. The molecule has 1 amide bonds. The molecule has 2 rings (SSSR count). The zero-order valence-corrected chi connectivity index (χ0v) is 21.7. The molecule has 12 heteroatoms. The molecule has 0 saturated heterocycles. The average Bonchev–Trinajstić information content (AvgIpc) is 3.06. The van der Waals surface area contributed by atoms with Gasteiger partial charge < -0.3 is 10.6 Å². The van der Waals surface area contributed by atoms with Gasteiger partial charge in [0.05, 0.1) is 17.7 Å². The Morgan fingerprint density at radius 3 is 2.49 bits per heavy atom. The van der Waals surface area contributed by atoms with E-state index in [-0.39, 0.29) is 25.3 Å². The molecule has 0 aromatic heterocycles. The summed E-state index contributed by atoms with van der Waals surface area (Å²) in [5, 5.41) is 5.93. The quantitative estimate of drug-likeness (QED) is 0.422. The Hall–Kier alpha value is -2.11. The van der Waals surface area contributed by atoms with Crippen LogP contribution in [0, 0.1) is 0 Å². The highest BCUT2D eigenvalue weighted by molar-refractivity contribution is 7.89. The summed E-state index contributed by atoms with van der Waals surface area (Å²) in [5.74, 6) is -0.283. The van der Waals surface area contributed by atoms with Gasteiger partial charge in [-0.15, -0.1) is 0 Å². The number of sulfonamides is 1. The van der Waals surface area contributed by atoms with E-state index in [1.54, 1.807) is 45.0 Å². The second-order valence-corrected chi connectivity index (χ2v) is 11.5. The number of aliphatic imine (C=N–C) groups is 1. The molecule has 0 spiro atoms. The predicted octanol–water partition coefficient (Wildman–Crippen LogP) is 4.05. The van der Waals surface area contributed by atoms with E-state index in [9.17, 15) is 26.4 Å². The third kappa shape index (κ3) is 8.80. The number of hydrogen-bond acceptors (Lipinski definition) is 5. The summed E-state index contributed by atoms with van der Waals surface area (Å²) >= 11 is 5.93. The SMILES string of the molecule is C=C(CCN(Cc1ccc(Cl)cc1)S(=O)(=O)CCC)C1=N[C@@H](C(=O)NCCC(F)(F)F)C(C)(C)N1. The van der Waals surface area contributed by atoms with Gasteiger partial charge in [-0.25, -0.2) is 8.42 Å². The fourth-order valence-electron chi connectivity index (χ4n) is 3.56. The van der Waals surface area contributed by atoms with Crippen LogP contribution in [0.1, 0.15) is 45.6 Å². The van der Waals surface area contributed by atoms with E-state index in [1.165, 1.54) is 4.31 Å². The molecule has 0 fully saturated rings. The van der Waals surface area contributed by atoms with Crippen molar-refractivity contribution in [2.75, 3.05) is 18.8 Å². The van der Waals surface area contributed by atoms with E-state index in [0.29, 0.717) is 22.9 Å². The maximum absolute atomic E-state index is 12.8. The first kappa shape index (κ1) is 29.1. The molecule has 0 aliphatic carbocycles. The van der Waals surface area contributed by atoms with Gasteiger partial charge in [0.1, 0.15) is 5.84 Å². The molecule has 2 N–H and O–H groups in total. The van der Waals surface area contributed by atoms with Crippen LogP contribution in [0.3, 0.4) is 0 Å². The van der Waals surface area contributed by atoms with Crippen LogP contribution >= 0.6 is 11.6 Å². The van der Waals surface area contributed by atoms with Crippen LogP contribution in [-0.4, -0.2) is 61.1 Å². The van der Waals surface area contributed by atoms with Gasteiger partial charge >= 0.3 is 6.18 Å². The summed E-state index contributed by atoms with van der Waals surface area (Å²) in [6.45, 7) is 8.99. The molecule has 1 aromatic rings. The number of hydrogen-bond donors (Lipinski definition) is 2. The Kier molecular flexibility index (Phi) is 9.78. The van der Waals surface area contributed by atoms with E-state index in [0.717, 1.165) is 5.56 Å². The van der Waals surface area contributed by atoms with Crippen molar-refractivity contribution in [1.29, 1.82) is 0 Å². The molecule has 7 nitrogen and oxygen atoms in total. The number of halogens is 4. The van der Waals surface area contributed by atoms with Crippen LogP contribution in [0.2, 0.25) is 5.02 Å². The normalized spacial score (nSPS) is 17.7. The highest BCUT2D eigenvalue weighted by atomic mass is 35.5. The lowest BCUT2D eigenvalue weighted by atomic mass is 9.96. The number of carbonyl (C=O) groups is 1. The first-order chi connectivity index (χ1) is 16.1. The van der Waals surface area contributed by atoms with Gasteiger partial charge in [0.15, 0.2) is 6.04 Å². The zero-order chi connectivity index (χ0) is 26.4. The minimum Gasteiger partial charge on any atom is -0.363 e. The Bertz CT molecular complexity index is 1040. The van der Waals surface area contributed by atoms with Crippen molar-refractivity contribution < 1.29 is 26.4 Å². The highest BCUT2D eigenvalue weighted by Crippen LogP contribution is 2.24. The number of carbonyl (C=O) groups excluding carboxylic acids is 1. The van der Waals surface area contributed by atoms with Crippen LogP contribution in [0.15, 0.2) is 41.4 Å². The molecular weight excluding hydrogens is 505 g/mol. The van der Waals surface area contributed by atoms with Crippen molar-refractivity contribution >= 4 is 33.4 Å². The summed E-state index contributed by atoms with van der Waals surface area (Å²) in [6.07, 6.45) is -4.78. The summed E-state index contributed by atoms with van der Waals surface area (Å²) in [6, 6.07) is 5.97. The van der Waals surface area contributed by atoms with E-state index >= 15 is 0 Å². The standard InChI is InChI=1S/C23H32ClF3N4O3S/c1-5-14-35(33,34)31(15-17-6-8-18(24)9-7-17)13-10-16(2)20-29-19(22(3,4)30-20)21(32)28-12-11-23(25,26)27/h6-9,19H,2,5,10-15H2,1,3-4H3,(H,28,32)(H,29,30)/t19-/m0/s1. The molecule has 1 atom stereocenters. The van der Waals surface area contributed by atoms with E-state index < -0.39 is 46.7 Å². The highest BCUT2D eigenvalue weighted by Gasteiger charge is 2.41. The van der Waals surface area contributed by atoms with Crippen LogP contribution in [-0.2, 0) is 21.4 Å². The summed E-state index contributed by atoms with van der Waals surface area (Å²) in [7, 11) is -3.53. The molecule has 1 aliphatic rings. The molecule has 1 heterocycles. The van der Waals surface area contributed by atoms with E-state index in [2.05, 4.69) is 22.2 Å². The summed E-state index contributed by atoms with van der Waals surface area (Å²) in [5.41, 5.74) is 0.432. The fraction of sp³-hybridized carbons (Fsp3) is 0.565. The van der Waals surface area contributed by atoms with Crippen molar-refractivity contribution in [3.8, 4) is 0 Å². The molecular formula is C23H32ClF3N4O3S. The lowest BCUT2D eigenvalue weighted by Gasteiger charge is -2.26. The smallest absolute Gasteiger partial charge is 0.363 e. The minimum atomic E-state index is -4.37. The van der Waals surface area contributed by atoms with Gasteiger partial charge in [0, 0.05) is 24.7 Å². The average molecular weight is 537 g/mol. The number of benzene rings is 1. The zero-order valence-electron chi connectivity index (χ0n) is 20.1. The number of amides is 1. The van der Waals surface area contributed by atoms with Crippen molar-refractivity contribution in [3.05, 3.63) is 47.0 Å². The lowest BCUT2D eigenvalue weighted by molar-refractivity contribution is -0.136. The number of nitrogens with one attached hydrogen (secondary N) is 2. The molecule has 0 saturated carbocycles. The predicted molar refractivity (Wildman–Crippen MR) is 132 cm³/mol.